The number of carbonyl (C=O) groups is 2. The SMILES string of the molecule is COC[C@@H]1CN(C(=O)CNC(C)=O)Cc2ncnn2C1. The van der Waals surface area contributed by atoms with Crippen LogP contribution in [-0.4, -0.2) is 58.3 Å². The molecule has 2 amide bonds. The summed E-state index contributed by atoms with van der Waals surface area (Å²) in [6.45, 7) is 3.58. The van der Waals surface area contributed by atoms with E-state index in [4.69, 9.17) is 4.74 Å². The fraction of sp³-hybridized carbons (Fsp3) is 0.667. The molecule has 1 aliphatic heterocycles. The van der Waals surface area contributed by atoms with Crippen LogP contribution < -0.4 is 5.32 Å². The maximum absolute atomic E-state index is 12.1. The van der Waals surface area contributed by atoms with E-state index in [0.717, 1.165) is 5.82 Å². The third-order valence-electron chi connectivity index (χ3n) is 3.18. The maximum Gasteiger partial charge on any atom is 0.242 e. The lowest BCUT2D eigenvalue weighted by molar-refractivity contribution is -0.133. The minimum atomic E-state index is -0.218. The largest absolute Gasteiger partial charge is 0.384 e. The van der Waals surface area contributed by atoms with Gasteiger partial charge in [0, 0.05) is 33.0 Å². The Morgan fingerprint density at radius 3 is 3.00 bits per heavy atom. The van der Waals surface area contributed by atoms with Crippen molar-refractivity contribution in [2.45, 2.75) is 20.0 Å². The summed E-state index contributed by atoms with van der Waals surface area (Å²) in [5.74, 6) is 0.562. The highest BCUT2D eigenvalue weighted by molar-refractivity contribution is 5.83. The molecule has 1 atom stereocenters. The van der Waals surface area contributed by atoms with E-state index in [-0.39, 0.29) is 24.3 Å². The molecule has 1 aromatic heterocycles. The highest BCUT2D eigenvalue weighted by atomic mass is 16.5. The minimum Gasteiger partial charge on any atom is -0.384 e. The first-order chi connectivity index (χ1) is 9.60. The molecule has 0 fully saturated rings. The van der Waals surface area contributed by atoms with Crippen LogP contribution in [0.5, 0.6) is 0 Å². The van der Waals surface area contributed by atoms with E-state index in [9.17, 15) is 9.59 Å². The van der Waals surface area contributed by atoms with Gasteiger partial charge in [-0.05, 0) is 0 Å². The zero-order valence-electron chi connectivity index (χ0n) is 11.7. The number of hydrogen-bond acceptors (Lipinski definition) is 5. The van der Waals surface area contributed by atoms with Crippen molar-refractivity contribution < 1.29 is 14.3 Å². The van der Waals surface area contributed by atoms with Gasteiger partial charge in [0.1, 0.15) is 12.2 Å². The predicted octanol–water partition coefficient (Wildman–Crippen LogP) is -0.981. The second kappa shape index (κ2) is 6.47. The Bertz CT molecular complexity index is 487. The summed E-state index contributed by atoms with van der Waals surface area (Å²) in [7, 11) is 1.64. The number of aromatic nitrogens is 3. The molecule has 8 nitrogen and oxygen atoms in total. The van der Waals surface area contributed by atoms with Gasteiger partial charge in [0.05, 0.1) is 19.7 Å². The molecule has 1 aromatic rings. The van der Waals surface area contributed by atoms with E-state index in [1.54, 1.807) is 16.7 Å². The van der Waals surface area contributed by atoms with Gasteiger partial charge in [-0.25, -0.2) is 9.67 Å². The van der Waals surface area contributed by atoms with Crippen molar-refractivity contribution in [3.8, 4) is 0 Å². The van der Waals surface area contributed by atoms with E-state index in [1.807, 2.05) is 0 Å². The second-order valence-electron chi connectivity index (χ2n) is 4.86. The number of rotatable bonds is 4. The second-order valence-corrected chi connectivity index (χ2v) is 4.86. The molecule has 0 unspecified atom stereocenters. The molecular weight excluding hydrogens is 262 g/mol. The molecule has 20 heavy (non-hydrogen) atoms. The van der Waals surface area contributed by atoms with Gasteiger partial charge in [-0.1, -0.05) is 0 Å². The number of fused-ring (bicyclic) bond motifs is 1. The Morgan fingerprint density at radius 2 is 2.30 bits per heavy atom. The van der Waals surface area contributed by atoms with Crippen LogP contribution in [0.2, 0.25) is 0 Å². The lowest BCUT2D eigenvalue weighted by Crippen LogP contribution is -2.41. The monoisotopic (exact) mass is 281 g/mol. The van der Waals surface area contributed by atoms with Crippen LogP contribution in [-0.2, 0) is 27.4 Å². The highest BCUT2D eigenvalue weighted by Crippen LogP contribution is 2.14. The number of ether oxygens (including phenoxy) is 1. The summed E-state index contributed by atoms with van der Waals surface area (Å²) in [5.41, 5.74) is 0. The van der Waals surface area contributed by atoms with Crippen molar-refractivity contribution in [3.05, 3.63) is 12.2 Å². The normalized spacial score (nSPS) is 18.3. The first-order valence-electron chi connectivity index (χ1n) is 6.48. The van der Waals surface area contributed by atoms with Crippen molar-refractivity contribution in [1.29, 1.82) is 0 Å². The Morgan fingerprint density at radius 1 is 1.50 bits per heavy atom. The highest BCUT2D eigenvalue weighted by Gasteiger charge is 2.26. The van der Waals surface area contributed by atoms with Crippen LogP contribution in [0.4, 0.5) is 0 Å². The van der Waals surface area contributed by atoms with Crippen molar-refractivity contribution in [2.75, 3.05) is 26.8 Å². The molecular formula is C12H19N5O3. The summed E-state index contributed by atoms with van der Waals surface area (Å²) >= 11 is 0. The third-order valence-corrected chi connectivity index (χ3v) is 3.18. The number of carbonyl (C=O) groups excluding carboxylic acids is 2. The van der Waals surface area contributed by atoms with Gasteiger partial charge < -0.3 is 15.0 Å². The van der Waals surface area contributed by atoms with E-state index in [1.165, 1.54) is 13.3 Å². The van der Waals surface area contributed by atoms with Crippen LogP contribution in [0.1, 0.15) is 12.7 Å². The number of nitrogens with zero attached hydrogens (tertiary/aromatic N) is 4. The topological polar surface area (TPSA) is 89.3 Å². The first kappa shape index (κ1) is 14.4. The first-order valence-corrected chi connectivity index (χ1v) is 6.48. The zero-order chi connectivity index (χ0) is 14.5. The molecule has 0 saturated carbocycles. The van der Waals surface area contributed by atoms with Crippen molar-refractivity contribution in [2.24, 2.45) is 5.92 Å². The third kappa shape index (κ3) is 3.53. The van der Waals surface area contributed by atoms with Gasteiger partial charge in [-0.15, -0.1) is 0 Å². The van der Waals surface area contributed by atoms with Gasteiger partial charge >= 0.3 is 0 Å². The lowest BCUT2D eigenvalue weighted by atomic mass is 10.1. The Labute approximate surface area is 117 Å². The van der Waals surface area contributed by atoms with E-state index in [2.05, 4.69) is 15.4 Å². The average molecular weight is 281 g/mol. The fourth-order valence-electron chi connectivity index (χ4n) is 2.26. The molecule has 110 valence electrons. The summed E-state index contributed by atoms with van der Waals surface area (Å²) in [4.78, 5) is 28.9. The van der Waals surface area contributed by atoms with Crippen molar-refractivity contribution in [1.82, 2.24) is 25.0 Å². The van der Waals surface area contributed by atoms with Crippen LogP contribution in [0.3, 0.4) is 0 Å². The van der Waals surface area contributed by atoms with Crippen molar-refractivity contribution >= 4 is 11.8 Å². The Kier molecular flexibility index (Phi) is 4.67. The molecule has 0 spiro atoms. The van der Waals surface area contributed by atoms with Gasteiger partial charge in [-0.2, -0.15) is 5.10 Å². The molecule has 0 saturated heterocycles. The molecule has 1 N–H and O–H groups in total. The Hall–Kier alpha value is -1.96. The molecule has 2 rings (SSSR count). The molecule has 2 heterocycles. The lowest BCUT2D eigenvalue weighted by Gasteiger charge is -2.23. The molecule has 0 radical (unpaired) electrons. The molecule has 1 aliphatic rings. The average Bonchev–Trinajstić information content (AvgIpc) is 2.75. The fourth-order valence-corrected chi connectivity index (χ4v) is 2.26. The summed E-state index contributed by atoms with van der Waals surface area (Å²) in [6, 6.07) is 0. The molecule has 8 heteroatoms. The molecule has 0 bridgehead atoms. The Balaban J connectivity index is 2.08. The zero-order valence-corrected chi connectivity index (χ0v) is 11.7. The number of nitrogens with one attached hydrogen (secondary N) is 1. The van der Waals surface area contributed by atoms with Crippen LogP contribution in [0.15, 0.2) is 6.33 Å². The van der Waals surface area contributed by atoms with E-state index >= 15 is 0 Å². The van der Waals surface area contributed by atoms with Gasteiger partial charge in [0.15, 0.2) is 0 Å². The van der Waals surface area contributed by atoms with Crippen molar-refractivity contribution in [3.63, 3.8) is 0 Å². The standard InChI is InChI=1S/C12H19N5O3/c1-9(18)13-3-12(19)16-4-10(7-20-2)5-17-11(6-16)14-8-15-17/h8,10H,3-7H2,1-2H3,(H,13,18)/t10-/m1/s1. The van der Waals surface area contributed by atoms with Gasteiger partial charge in [0.25, 0.3) is 0 Å². The quantitative estimate of drug-likeness (QED) is 0.766. The van der Waals surface area contributed by atoms with Gasteiger partial charge in [0.2, 0.25) is 11.8 Å². The van der Waals surface area contributed by atoms with Crippen LogP contribution in [0.25, 0.3) is 0 Å². The van der Waals surface area contributed by atoms with Crippen LogP contribution >= 0.6 is 0 Å². The molecule has 0 aromatic carbocycles. The number of hydrogen-bond donors (Lipinski definition) is 1. The molecule has 0 aliphatic carbocycles. The smallest absolute Gasteiger partial charge is 0.242 e. The number of amides is 2. The van der Waals surface area contributed by atoms with E-state index < -0.39 is 0 Å². The minimum absolute atomic E-state index is 0.00315. The summed E-state index contributed by atoms with van der Waals surface area (Å²) < 4.78 is 6.99. The number of methoxy groups -OCH3 is 1. The van der Waals surface area contributed by atoms with Crippen LogP contribution in [0, 0.1) is 5.92 Å². The van der Waals surface area contributed by atoms with E-state index in [0.29, 0.717) is 26.2 Å². The summed E-state index contributed by atoms with van der Waals surface area (Å²) in [5, 5.41) is 6.68. The van der Waals surface area contributed by atoms with Gasteiger partial charge in [-0.3, -0.25) is 9.59 Å². The predicted molar refractivity (Wildman–Crippen MR) is 69.5 cm³/mol. The maximum atomic E-state index is 12.1. The summed E-state index contributed by atoms with van der Waals surface area (Å²) in [6.07, 6.45) is 1.49.